The second kappa shape index (κ2) is 4.85. The largest absolute Gasteiger partial charge is 0.497 e. The van der Waals surface area contributed by atoms with Gasteiger partial charge >= 0.3 is 0 Å². The molecular formula is C20H16O3. The van der Waals surface area contributed by atoms with E-state index in [0.717, 1.165) is 28.2 Å². The van der Waals surface area contributed by atoms with E-state index in [1.165, 1.54) is 0 Å². The zero-order valence-corrected chi connectivity index (χ0v) is 12.8. The summed E-state index contributed by atoms with van der Waals surface area (Å²) in [4.78, 5) is 12.3. The van der Waals surface area contributed by atoms with Crippen molar-refractivity contribution in [2.45, 2.75) is 11.8 Å². The third kappa shape index (κ3) is 1.86. The number of carbonyl (C=O) groups excluding carboxylic acids is 1. The number of benzene rings is 2. The molecule has 1 unspecified atom stereocenters. The number of methoxy groups -OCH3 is 1. The first-order valence-corrected chi connectivity index (χ1v) is 7.51. The molecule has 0 saturated heterocycles. The molecule has 0 bridgehead atoms. The van der Waals surface area contributed by atoms with Gasteiger partial charge < -0.3 is 9.47 Å². The van der Waals surface area contributed by atoms with Gasteiger partial charge in [0.1, 0.15) is 17.3 Å². The van der Waals surface area contributed by atoms with Gasteiger partial charge in [-0.2, -0.15) is 0 Å². The molecule has 0 N–H and O–H groups in total. The minimum atomic E-state index is -0.581. The van der Waals surface area contributed by atoms with Crippen LogP contribution in [-0.4, -0.2) is 12.9 Å². The summed E-state index contributed by atoms with van der Waals surface area (Å²) in [6, 6.07) is 15.6. The quantitative estimate of drug-likeness (QED) is 0.844. The molecule has 0 fully saturated rings. The van der Waals surface area contributed by atoms with Gasteiger partial charge in [0.15, 0.2) is 5.78 Å². The second-order valence-electron chi connectivity index (χ2n) is 5.86. The molecule has 1 atom stereocenters. The molecular weight excluding hydrogens is 288 g/mol. The number of allylic oxidation sites excluding steroid dienone is 2. The van der Waals surface area contributed by atoms with Gasteiger partial charge in [-0.25, -0.2) is 0 Å². The maximum atomic E-state index is 12.3. The molecule has 1 aliphatic carbocycles. The van der Waals surface area contributed by atoms with Crippen molar-refractivity contribution in [2.75, 3.05) is 7.11 Å². The van der Waals surface area contributed by atoms with E-state index in [4.69, 9.17) is 9.47 Å². The fourth-order valence-electron chi connectivity index (χ4n) is 3.56. The van der Waals surface area contributed by atoms with Crippen LogP contribution in [0.15, 0.2) is 66.9 Å². The van der Waals surface area contributed by atoms with Crippen LogP contribution in [0.5, 0.6) is 11.5 Å². The van der Waals surface area contributed by atoms with Crippen molar-refractivity contribution >= 4 is 11.4 Å². The molecule has 0 amide bonds. The lowest BCUT2D eigenvalue weighted by molar-refractivity contribution is -0.114. The summed E-state index contributed by atoms with van der Waals surface area (Å²) in [5.74, 6) is 2.28. The van der Waals surface area contributed by atoms with Crippen LogP contribution in [0.1, 0.15) is 17.5 Å². The molecule has 2 aromatic rings. The Labute approximate surface area is 134 Å². The Morgan fingerprint density at radius 3 is 2.61 bits per heavy atom. The summed E-state index contributed by atoms with van der Waals surface area (Å²) in [7, 11) is 1.64. The first-order chi connectivity index (χ1) is 11.1. The van der Waals surface area contributed by atoms with Crippen molar-refractivity contribution in [3.8, 4) is 11.5 Å². The molecule has 3 nitrogen and oxygen atoms in total. The van der Waals surface area contributed by atoms with Crippen LogP contribution in [0.3, 0.4) is 0 Å². The Hall–Kier alpha value is -2.81. The standard InChI is InChI=1S/C20H16O3/c1-13-20(17-5-3-4-6-19(17)23-13)12-15(21)11-18(20)14-7-9-16(22-2)10-8-14/h3-11H,1,12H2,2H3. The molecule has 1 heterocycles. The van der Waals surface area contributed by atoms with Gasteiger partial charge in [0.2, 0.25) is 0 Å². The van der Waals surface area contributed by atoms with Gasteiger partial charge in [0.05, 0.1) is 12.5 Å². The molecule has 114 valence electrons. The molecule has 2 aromatic carbocycles. The zero-order valence-electron chi connectivity index (χ0n) is 12.8. The number of fused-ring (bicyclic) bond motifs is 2. The van der Waals surface area contributed by atoms with E-state index in [2.05, 4.69) is 6.58 Å². The highest BCUT2D eigenvalue weighted by molar-refractivity contribution is 6.08. The first-order valence-electron chi connectivity index (χ1n) is 7.51. The fourth-order valence-corrected chi connectivity index (χ4v) is 3.56. The van der Waals surface area contributed by atoms with Gasteiger partial charge in [-0.05, 0) is 35.4 Å². The normalized spacial score (nSPS) is 22.0. The Morgan fingerprint density at radius 2 is 1.87 bits per heavy atom. The Bertz CT molecular complexity index is 845. The minimum Gasteiger partial charge on any atom is -0.497 e. The molecule has 0 saturated carbocycles. The molecule has 23 heavy (non-hydrogen) atoms. The predicted molar refractivity (Wildman–Crippen MR) is 88.5 cm³/mol. The number of ketones is 1. The molecule has 0 aromatic heterocycles. The Balaban J connectivity index is 1.90. The first kappa shape index (κ1) is 13.8. The van der Waals surface area contributed by atoms with Gasteiger partial charge in [0, 0.05) is 12.0 Å². The lowest BCUT2D eigenvalue weighted by Crippen LogP contribution is -2.25. The highest BCUT2D eigenvalue weighted by atomic mass is 16.5. The number of para-hydroxylation sites is 1. The van der Waals surface area contributed by atoms with Gasteiger partial charge in [-0.1, -0.05) is 36.9 Å². The molecule has 0 radical (unpaired) electrons. The SMILES string of the molecule is C=C1Oc2ccccc2C12CC(=O)C=C2c1ccc(OC)cc1. The van der Waals surface area contributed by atoms with Gasteiger partial charge in [-0.15, -0.1) is 0 Å². The predicted octanol–water partition coefficient (Wildman–Crippen LogP) is 3.90. The van der Waals surface area contributed by atoms with Crippen LogP contribution in [0.25, 0.3) is 5.57 Å². The van der Waals surface area contributed by atoms with Gasteiger partial charge in [-0.3, -0.25) is 4.79 Å². The molecule has 2 aliphatic rings. The second-order valence-corrected chi connectivity index (χ2v) is 5.86. The van der Waals surface area contributed by atoms with E-state index in [1.807, 2.05) is 48.5 Å². The Morgan fingerprint density at radius 1 is 1.13 bits per heavy atom. The molecule has 4 rings (SSSR count). The maximum Gasteiger partial charge on any atom is 0.157 e. The van der Waals surface area contributed by atoms with Crippen molar-refractivity contribution < 1.29 is 14.3 Å². The van der Waals surface area contributed by atoms with Crippen LogP contribution in [-0.2, 0) is 10.2 Å². The molecule has 1 aliphatic heterocycles. The number of rotatable bonds is 2. The van der Waals surface area contributed by atoms with Crippen molar-refractivity contribution in [1.29, 1.82) is 0 Å². The van der Waals surface area contributed by atoms with E-state index in [-0.39, 0.29) is 5.78 Å². The lowest BCUT2D eigenvalue weighted by atomic mass is 9.72. The third-order valence-electron chi connectivity index (χ3n) is 4.66. The highest BCUT2D eigenvalue weighted by Crippen LogP contribution is 2.57. The molecule has 1 spiro atoms. The van der Waals surface area contributed by atoms with E-state index in [1.54, 1.807) is 13.2 Å². The highest BCUT2D eigenvalue weighted by Gasteiger charge is 2.51. The van der Waals surface area contributed by atoms with Crippen LogP contribution >= 0.6 is 0 Å². The molecule has 3 heteroatoms. The summed E-state index contributed by atoms with van der Waals surface area (Å²) >= 11 is 0. The van der Waals surface area contributed by atoms with Gasteiger partial charge in [0.25, 0.3) is 0 Å². The summed E-state index contributed by atoms with van der Waals surface area (Å²) in [5, 5.41) is 0. The number of carbonyl (C=O) groups is 1. The number of ether oxygens (including phenoxy) is 2. The van der Waals surface area contributed by atoms with Crippen molar-refractivity contribution in [3.63, 3.8) is 0 Å². The van der Waals surface area contributed by atoms with E-state index in [9.17, 15) is 4.79 Å². The van der Waals surface area contributed by atoms with Crippen molar-refractivity contribution in [2.24, 2.45) is 0 Å². The maximum absolute atomic E-state index is 12.3. The summed E-state index contributed by atoms with van der Waals surface area (Å²) < 4.78 is 11.1. The van der Waals surface area contributed by atoms with Crippen LogP contribution in [0, 0.1) is 0 Å². The summed E-state index contributed by atoms with van der Waals surface area (Å²) in [6.07, 6.45) is 2.09. The number of hydrogen-bond acceptors (Lipinski definition) is 3. The average molecular weight is 304 g/mol. The monoisotopic (exact) mass is 304 g/mol. The average Bonchev–Trinajstić information content (AvgIpc) is 3.07. The number of hydrogen-bond donors (Lipinski definition) is 0. The van der Waals surface area contributed by atoms with Crippen molar-refractivity contribution in [3.05, 3.63) is 78.1 Å². The lowest BCUT2D eigenvalue weighted by Gasteiger charge is -2.27. The van der Waals surface area contributed by atoms with Crippen LogP contribution < -0.4 is 9.47 Å². The smallest absolute Gasteiger partial charge is 0.157 e. The van der Waals surface area contributed by atoms with E-state index < -0.39 is 5.41 Å². The summed E-state index contributed by atoms with van der Waals surface area (Å²) in [5.41, 5.74) is 2.36. The van der Waals surface area contributed by atoms with Crippen LogP contribution in [0.2, 0.25) is 0 Å². The van der Waals surface area contributed by atoms with E-state index >= 15 is 0 Å². The fraction of sp³-hybridized carbons (Fsp3) is 0.150. The minimum absolute atomic E-state index is 0.0947. The van der Waals surface area contributed by atoms with Crippen LogP contribution in [0.4, 0.5) is 0 Å². The van der Waals surface area contributed by atoms with Crippen molar-refractivity contribution in [1.82, 2.24) is 0 Å². The van der Waals surface area contributed by atoms with E-state index in [0.29, 0.717) is 12.2 Å². The zero-order chi connectivity index (χ0) is 16.0. The Kier molecular flexibility index (Phi) is 2.91. The topological polar surface area (TPSA) is 35.5 Å². The third-order valence-corrected chi connectivity index (χ3v) is 4.66. The summed E-state index contributed by atoms with van der Waals surface area (Å²) in [6.45, 7) is 4.11.